The number of thiazole rings is 1. The van der Waals surface area contributed by atoms with Crippen molar-refractivity contribution in [3.05, 3.63) is 74.2 Å². The fourth-order valence-electron chi connectivity index (χ4n) is 6.27. The van der Waals surface area contributed by atoms with E-state index in [1.54, 1.807) is 31.2 Å². The molecule has 192 valence electrons. The van der Waals surface area contributed by atoms with Crippen LogP contribution in [0.2, 0.25) is 0 Å². The van der Waals surface area contributed by atoms with Gasteiger partial charge in [0.1, 0.15) is 5.75 Å². The Morgan fingerprint density at radius 2 is 1.92 bits per heavy atom. The molecule has 37 heavy (non-hydrogen) atoms. The molecule has 0 spiro atoms. The Morgan fingerprint density at radius 1 is 1.11 bits per heavy atom. The summed E-state index contributed by atoms with van der Waals surface area (Å²) in [5.74, 6) is 2.08. The van der Waals surface area contributed by atoms with Crippen molar-refractivity contribution in [2.24, 2.45) is 17.8 Å². The summed E-state index contributed by atoms with van der Waals surface area (Å²) in [7, 11) is 0. The number of rotatable bonds is 7. The maximum absolute atomic E-state index is 12.5. The molecule has 3 aliphatic rings. The van der Waals surface area contributed by atoms with E-state index in [1.165, 1.54) is 30.6 Å². The van der Waals surface area contributed by atoms with Crippen LogP contribution in [-0.2, 0) is 9.53 Å². The average Bonchev–Trinajstić information content (AvgIpc) is 3.61. The Morgan fingerprint density at radius 3 is 2.73 bits per heavy atom. The first-order valence-electron chi connectivity index (χ1n) is 12.7. The second-order valence-electron chi connectivity index (χ2n) is 9.89. The van der Waals surface area contributed by atoms with E-state index in [1.807, 2.05) is 30.0 Å². The fourth-order valence-corrected chi connectivity index (χ4v) is 9.16. The number of H-pyrrole nitrogens is 1. The zero-order chi connectivity index (χ0) is 25.5. The Bertz CT molecular complexity index is 1380. The van der Waals surface area contributed by atoms with E-state index in [0.717, 1.165) is 21.4 Å². The van der Waals surface area contributed by atoms with Crippen molar-refractivity contribution in [1.29, 1.82) is 0 Å². The van der Waals surface area contributed by atoms with Crippen LogP contribution >= 0.6 is 23.1 Å². The van der Waals surface area contributed by atoms with Gasteiger partial charge in [-0.3, -0.25) is 9.59 Å². The van der Waals surface area contributed by atoms with Crippen LogP contribution in [0.15, 0.2) is 58.4 Å². The molecule has 2 bridgehead atoms. The third-order valence-corrected chi connectivity index (χ3v) is 10.4. The number of aromatic amines is 1. The predicted octanol–water partition coefficient (Wildman–Crippen LogP) is 5.28. The third-order valence-electron chi connectivity index (χ3n) is 7.73. The molecule has 6 rings (SSSR count). The molecule has 3 aromatic rings. The molecule has 2 aromatic carbocycles. The lowest BCUT2D eigenvalue weighted by molar-refractivity contribution is -0.118. The van der Waals surface area contributed by atoms with Gasteiger partial charge in [0.15, 0.2) is 6.61 Å². The summed E-state index contributed by atoms with van der Waals surface area (Å²) in [6.45, 7) is 1.93. The highest BCUT2D eigenvalue weighted by atomic mass is 32.2. The van der Waals surface area contributed by atoms with Crippen LogP contribution < -0.4 is 14.9 Å². The molecule has 0 radical (unpaired) electrons. The Hall–Kier alpha value is -3.04. The van der Waals surface area contributed by atoms with Crippen LogP contribution in [0, 0.1) is 17.8 Å². The lowest BCUT2D eigenvalue weighted by Crippen LogP contribution is -2.33. The van der Waals surface area contributed by atoms with Crippen LogP contribution in [0.4, 0.5) is 5.69 Å². The van der Waals surface area contributed by atoms with Crippen molar-refractivity contribution >= 4 is 40.7 Å². The second-order valence-corrected chi connectivity index (χ2v) is 12.1. The lowest BCUT2D eigenvalue weighted by atomic mass is 9.75. The van der Waals surface area contributed by atoms with Crippen LogP contribution in [0.5, 0.6) is 5.75 Å². The fraction of sp³-hybridized carbons (Fsp3) is 0.393. The molecule has 2 heterocycles. The van der Waals surface area contributed by atoms with E-state index < -0.39 is 5.97 Å². The summed E-state index contributed by atoms with van der Waals surface area (Å²) < 4.78 is 10.9. The number of hydrogen-bond acceptors (Lipinski definition) is 7. The van der Waals surface area contributed by atoms with E-state index in [2.05, 4.69) is 16.4 Å². The van der Waals surface area contributed by atoms with E-state index in [-0.39, 0.29) is 23.3 Å². The van der Waals surface area contributed by atoms with Gasteiger partial charge in [0.05, 0.1) is 17.2 Å². The molecule has 1 aliphatic heterocycles. The molecule has 1 aromatic heterocycles. The number of amides is 1. The molecule has 2 saturated carbocycles. The molecule has 2 aliphatic carbocycles. The van der Waals surface area contributed by atoms with E-state index in [0.29, 0.717) is 40.7 Å². The van der Waals surface area contributed by atoms with E-state index >= 15 is 0 Å². The number of anilines is 1. The first kappa shape index (κ1) is 24.3. The summed E-state index contributed by atoms with van der Waals surface area (Å²) in [4.78, 5) is 40.8. The first-order valence-corrected chi connectivity index (χ1v) is 14.4. The van der Waals surface area contributed by atoms with E-state index in [9.17, 15) is 14.4 Å². The number of nitrogens with one attached hydrogen (secondary N) is 2. The smallest absolute Gasteiger partial charge is 0.338 e. The van der Waals surface area contributed by atoms with Crippen molar-refractivity contribution < 1.29 is 19.1 Å². The number of benzene rings is 2. The van der Waals surface area contributed by atoms with Crippen LogP contribution in [0.25, 0.3) is 0 Å². The summed E-state index contributed by atoms with van der Waals surface area (Å²) in [6, 6.07) is 14.5. The van der Waals surface area contributed by atoms with Gasteiger partial charge in [-0.25, -0.2) is 4.79 Å². The Labute approximate surface area is 223 Å². The Kier molecular flexibility index (Phi) is 6.58. The zero-order valence-corrected chi connectivity index (χ0v) is 22.0. The average molecular weight is 537 g/mol. The SMILES string of the molecule is CCOC(=O)c1ccc(NC(=O)COc2cccc([C@H]3c4sc(=O)[nH]c4SC4C5CCC(C5)C43)c2)cc1. The van der Waals surface area contributed by atoms with Gasteiger partial charge in [-0.15, -0.1) is 11.8 Å². The van der Waals surface area contributed by atoms with Gasteiger partial charge in [-0.2, -0.15) is 0 Å². The van der Waals surface area contributed by atoms with Gasteiger partial charge >= 0.3 is 10.8 Å². The van der Waals surface area contributed by atoms with E-state index in [4.69, 9.17) is 9.47 Å². The number of carbonyl (C=O) groups is 2. The summed E-state index contributed by atoms with van der Waals surface area (Å²) in [6.07, 6.45) is 3.85. The van der Waals surface area contributed by atoms with Crippen LogP contribution in [-0.4, -0.2) is 35.3 Å². The first-order chi connectivity index (χ1) is 18.0. The largest absolute Gasteiger partial charge is 0.484 e. The normalized spacial score (nSPS) is 25.3. The highest BCUT2D eigenvalue weighted by Crippen LogP contribution is 2.63. The third kappa shape index (κ3) is 4.70. The van der Waals surface area contributed by atoms with Crippen LogP contribution in [0.3, 0.4) is 0 Å². The number of carbonyl (C=O) groups excluding carboxylic acids is 2. The monoisotopic (exact) mass is 536 g/mol. The number of aromatic nitrogens is 1. The molecule has 1 amide bonds. The minimum absolute atomic E-state index is 0.00850. The zero-order valence-electron chi connectivity index (χ0n) is 20.4. The topological polar surface area (TPSA) is 97.5 Å². The van der Waals surface area contributed by atoms with Crippen molar-refractivity contribution in [2.45, 2.75) is 42.4 Å². The van der Waals surface area contributed by atoms with Crippen molar-refractivity contribution in [2.75, 3.05) is 18.5 Å². The highest BCUT2D eigenvalue weighted by molar-refractivity contribution is 8.00. The van der Waals surface area contributed by atoms with Crippen molar-refractivity contribution in [1.82, 2.24) is 4.98 Å². The second kappa shape index (κ2) is 10.0. The molecule has 0 saturated heterocycles. The molecule has 2 N–H and O–H groups in total. The van der Waals surface area contributed by atoms with Gasteiger partial charge in [0, 0.05) is 21.7 Å². The number of thioether (sulfide) groups is 1. The van der Waals surface area contributed by atoms with Gasteiger partial charge in [0.2, 0.25) is 0 Å². The van der Waals surface area contributed by atoms with Gasteiger partial charge in [-0.1, -0.05) is 23.5 Å². The molecule has 4 unspecified atom stereocenters. The van der Waals surface area contributed by atoms with Gasteiger partial charge in [-0.05, 0) is 85.9 Å². The molecule has 9 heteroatoms. The molecule has 5 atom stereocenters. The Balaban J connectivity index is 1.15. The minimum atomic E-state index is -0.393. The van der Waals surface area contributed by atoms with Gasteiger partial charge in [0.25, 0.3) is 5.91 Å². The number of ether oxygens (including phenoxy) is 2. The summed E-state index contributed by atoms with van der Waals surface area (Å²) in [5.41, 5.74) is 2.15. The standard InChI is InChI=1S/C28H28N2O5S2/c1-2-34-27(32)15-8-10-19(11-9-15)29-21(31)14-35-20-5-3-4-16(13-20)23-22-17-6-7-18(12-17)24(22)36-26-25(23)37-28(33)30-26/h3-5,8-11,13,17-18,22-24H,2,6-7,12,14H2,1H3,(H,29,31)(H,30,33)/t17?,18?,22?,23-,24?/m1/s1. The number of hydrogen-bond donors (Lipinski definition) is 2. The molecular formula is C28H28N2O5S2. The molecular weight excluding hydrogens is 508 g/mol. The van der Waals surface area contributed by atoms with Crippen LogP contribution in [0.1, 0.15) is 52.9 Å². The predicted molar refractivity (Wildman–Crippen MR) is 144 cm³/mol. The molecule has 7 nitrogen and oxygen atoms in total. The minimum Gasteiger partial charge on any atom is -0.484 e. The summed E-state index contributed by atoms with van der Waals surface area (Å²) in [5, 5.41) is 4.38. The summed E-state index contributed by atoms with van der Waals surface area (Å²) >= 11 is 3.21. The maximum atomic E-state index is 12.5. The van der Waals surface area contributed by atoms with Gasteiger partial charge < -0.3 is 19.8 Å². The number of fused-ring (bicyclic) bond motifs is 6. The lowest BCUT2D eigenvalue weighted by Gasteiger charge is -2.40. The number of esters is 1. The highest BCUT2D eigenvalue weighted by Gasteiger charge is 2.54. The van der Waals surface area contributed by atoms with Crippen molar-refractivity contribution in [3.8, 4) is 5.75 Å². The maximum Gasteiger partial charge on any atom is 0.338 e. The molecule has 2 fully saturated rings. The van der Waals surface area contributed by atoms with Crippen molar-refractivity contribution in [3.63, 3.8) is 0 Å². The quantitative estimate of drug-likeness (QED) is 0.399.